The molecule has 1 aliphatic heterocycles. The summed E-state index contributed by atoms with van der Waals surface area (Å²) in [6.07, 6.45) is 3.25. The van der Waals surface area contributed by atoms with Gasteiger partial charge in [-0.1, -0.05) is 51.1 Å². The van der Waals surface area contributed by atoms with Crippen LogP contribution in [0.25, 0.3) is 11.3 Å². The van der Waals surface area contributed by atoms with Crippen molar-refractivity contribution in [2.45, 2.75) is 105 Å². The molecule has 2 N–H and O–H groups in total. The topological polar surface area (TPSA) is 206 Å². The van der Waals surface area contributed by atoms with Crippen LogP contribution in [0, 0.1) is 17.0 Å². The van der Waals surface area contributed by atoms with E-state index < -0.39 is 64.2 Å². The van der Waals surface area contributed by atoms with Crippen molar-refractivity contribution in [2.75, 3.05) is 84.0 Å². The van der Waals surface area contributed by atoms with Crippen molar-refractivity contribution in [1.29, 1.82) is 0 Å². The van der Waals surface area contributed by atoms with Gasteiger partial charge in [0.1, 0.15) is 34.7 Å². The van der Waals surface area contributed by atoms with Crippen LogP contribution in [0.4, 0.5) is 13.6 Å². The summed E-state index contributed by atoms with van der Waals surface area (Å²) in [6.45, 7) is 18.9. The lowest BCUT2D eigenvalue weighted by atomic mass is 9.84. The molecule has 408 valence electrons. The van der Waals surface area contributed by atoms with Gasteiger partial charge in [-0.3, -0.25) is 24.1 Å². The normalized spacial score (nSPS) is 13.7. The molecule has 0 fully saturated rings. The number of alkyl carbamates (subject to hydrolysis) is 1. The zero-order chi connectivity index (χ0) is 54.5. The van der Waals surface area contributed by atoms with Crippen LogP contribution in [0.2, 0.25) is 0 Å². The fourth-order valence-corrected chi connectivity index (χ4v) is 8.17. The molecule has 21 heteroatoms. The van der Waals surface area contributed by atoms with Gasteiger partial charge >= 0.3 is 12.1 Å². The van der Waals surface area contributed by atoms with Gasteiger partial charge in [-0.25, -0.2) is 23.4 Å². The largest absolute Gasteiger partial charge is 0.458 e. The Hall–Kier alpha value is -5.74. The predicted molar refractivity (Wildman–Crippen MR) is 275 cm³/mol. The number of aromatic nitrogens is 2. The maximum atomic E-state index is 15.4. The molecule has 2 aromatic carbocycles. The van der Waals surface area contributed by atoms with E-state index in [2.05, 4.69) is 10.6 Å². The van der Waals surface area contributed by atoms with E-state index in [-0.39, 0.29) is 81.1 Å². The third-order valence-corrected chi connectivity index (χ3v) is 11.6. The maximum absolute atomic E-state index is 15.4. The number of nitrogens with one attached hydrogen (secondary N) is 2. The average molecular weight is 1060 g/mol. The number of carbonyl (C=O) groups excluding carboxylic acids is 6. The Labute approximate surface area is 437 Å². The molecule has 3 aromatic rings. The molecule has 4 rings (SSSR count). The van der Waals surface area contributed by atoms with Crippen LogP contribution in [-0.2, 0) is 58.9 Å². The molecule has 0 saturated heterocycles. The van der Waals surface area contributed by atoms with Crippen LogP contribution in [-0.4, -0.2) is 156 Å². The fraction of sp³-hybridized carbons (Fsp3) is 0.566. The number of ether oxygens (including phenoxy) is 6. The van der Waals surface area contributed by atoms with Gasteiger partial charge in [0.05, 0.1) is 70.3 Å². The van der Waals surface area contributed by atoms with Gasteiger partial charge in [-0.05, 0) is 77.1 Å². The van der Waals surface area contributed by atoms with E-state index in [1.807, 2.05) is 55.7 Å². The highest BCUT2D eigenvalue weighted by Gasteiger charge is 2.40. The quantitative estimate of drug-likeness (QED) is 0.0408. The number of imide groups is 1. The van der Waals surface area contributed by atoms with Gasteiger partial charge in [0.25, 0.3) is 11.8 Å². The van der Waals surface area contributed by atoms with Crippen molar-refractivity contribution in [2.24, 2.45) is 5.41 Å². The molecular weight excluding hydrogens is 983 g/mol. The second-order valence-corrected chi connectivity index (χ2v) is 21.5. The first kappa shape index (κ1) is 60.8. The van der Waals surface area contributed by atoms with Crippen LogP contribution in [0.3, 0.4) is 0 Å². The van der Waals surface area contributed by atoms with Crippen molar-refractivity contribution in [1.82, 2.24) is 30.0 Å². The molecule has 1 aliphatic rings. The van der Waals surface area contributed by atoms with Gasteiger partial charge in [0.15, 0.2) is 0 Å². The summed E-state index contributed by atoms with van der Waals surface area (Å²) in [4.78, 5) is 84.4. The molecule has 74 heavy (non-hydrogen) atoms. The van der Waals surface area contributed by atoms with Crippen molar-refractivity contribution < 1.29 is 66.0 Å². The minimum absolute atomic E-state index is 0.00532. The van der Waals surface area contributed by atoms with Gasteiger partial charge < -0.3 is 48.5 Å². The molecule has 0 aliphatic carbocycles. The van der Waals surface area contributed by atoms with Gasteiger partial charge in [-0.15, -0.1) is 11.8 Å². The number of hydrogen-bond donors (Lipinski definition) is 2. The number of rotatable bonds is 30. The molecule has 5 amide bonds. The molecule has 18 nitrogen and oxygen atoms in total. The second-order valence-electron chi connectivity index (χ2n) is 20.4. The molecule has 0 radical (unpaired) electrons. The summed E-state index contributed by atoms with van der Waals surface area (Å²) in [6, 6.07) is 10.7. The third-order valence-electron chi connectivity index (χ3n) is 10.7. The number of benzene rings is 2. The van der Waals surface area contributed by atoms with Crippen LogP contribution in [0.5, 0.6) is 0 Å². The van der Waals surface area contributed by atoms with Gasteiger partial charge in [0, 0.05) is 62.3 Å². The van der Waals surface area contributed by atoms with Crippen molar-refractivity contribution in [3.63, 3.8) is 0 Å². The first-order valence-electron chi connectivity index (χ1n) is 24.7. The zero-order valence-corrected chi connectivity index (χ0v) is 45.0. The lowest BCUT2D eigenvalue weighted by Gasteiger charge is -2.40. The number of hydrogen-bond acceptors (Lipinski definition) is 14. The van der Waals surface area contributed by atoms with Crippen LogP contribution in [0.1, 0.15) is 92.6 Å². The molecule has 2 heterocycles. The zero-order valence-electron chi connectivity index (χ0n) is 44.2. The molecule has 0 saturated carbocycles. The number of nitrogens with zero attached hydrogens (tertiary/aromatic N) is 4. The van der Waals surface area contributed by atoms with Crippen LogP contribution < -0.4 is 10.6 Å². The number of esters is 1. The second kappa shape index (κ2) is 29.4. The third kappa shape index (κ3) is 21.6. The van der Waals surface area contributed by atoms with Crippen molar-refractivity contribution in [3.8, 4) is 11.3 Å². The highest BCUT2D eigenvalue weighted by atomic mass is 32.2. The van der Waals surface area contributed by atoms with Crippen molar-refractivity contribution in [3.05, 3.63) is 89.9 Å². The van der Waals surface area contributed by atoms with E-state index in [4.69, 9.17) is 33.4 Å². The molecule has 1 aromatic heterocycles. The first-order chi connectivity index (χ1) is 34.9. The Morgan fingerprint density at radius 1 is 0.770 bits per heavy atom. The number of thioether (sulfide) groups is 1. The van der Waals surface area contributed by atoms with Gasteiger partial charge in [0.2, 0.25) is 11.8 Å². The van der Waals surface area contributed by atoms with Crippen molar-refractivity contribution >= 4 is 47.5 Å². The molecule has 2 atom stereocenters. The number of amides is 5. The maximum Gasteiger partial charge on any atom is 0.408 e. The highest BCUT2D eigenvalue weighted by molar-refractivity contribution is 7.99. The lowest BCUT2D eigenvalue weighted by molar-refractivity contribution is -0.158. The SMILES string of the molecule is CC(C)(C)OC(=O)N[C@@H](CCN(C(=O)CSCCOCCOCCOCCOCCC(=O)NCCN1C(=O)C=CC1=O)[C@@H](c1nc(-c2cc(F)ccc2F)cn1Cc1ccccc1)C(C)(C)C)C(=O)OC(C)(C)C. The Kier molecular flexibility index (Phi) is 24.1. The van der Waals surface area contributed by atoms with E-state index in [1.165, 1.54) is 23.9 Å². The molecule has 0 unspecified atom stereocenters. The van der Waals surface area contributed by atoms with Crippen LogP contribution in [0.15, 0.2) is 66.9 Å². The highest BCUT2D eigenvalue weighted by Crippen LogP contribution is 2.40. The standard InChI is InChI=1S/C53H74F2N6O12S/c1-51(2,3)47(48-57-42(39-33-38(54)15-16-40(39)55)35-59(48)34-37-13-11-10-12-14-37)61(22-19-41(49(66)72-52(4,5)6)58-50(67)73-53(7,8)9)46(65)36-74-32-31-71-30-29-70-28-27-69-26-25-68-24-20-43(62)56-21-23-60-44(63)17-18-45(60)64/h10-18,33,35,41,47H,19-32,34,36H2,1-9H3,(H,56,62)(H,58,67)/t41-,47-/m0/s1. The van der Waals surface area contributed by atoms with E-state index >= 15 is 4.39 Å². The first-order valence-corrected chi connectivity index (χ1v) is 25.8. The Morgan fingerprint density at radius 3 is 1.96 bits per heavy atom. The van der Waals surface area contributed by atoms with Crippen LogP contribution >= 0.6 is 11.8 Å². The van der Waals surface area contributed by atoms with E-state index in [0.29, 0.717) is 51.2 Å². The number of carbonyl (C=O) groups is 6. The monoisotopic (exact) mass is 1060 g/mol. The van der Waals surface area contributed by atoms with Gasteiger partial charge in [-0.2, -0.15) is 0 Å². The Morgan fingerprint density at radius 2 is 1.36 bits per heavy atom. The fourth-order valence-electron chi connectivity index (χ4n) is 7.44. The predicted octanol–water partition coefficient (Wildman–Crippen LogP) is 6.65. The summed E-state index contributed by atoms with van der Waals surface area (Å²) in [7, 11) is 0. The molecule has 0 spiro atoms. The number of halogens is 2. The Bertz CT molecular complexity index is 2330. The number of imidazole rings is 1. The summed E-state index contributed by atoms with van der Waals surface area (Å²) in [5.41, 5.74) is -1.48. The molecule has 0 bridgehead atoms. The Balaban J connectivity index is 1.36. The minimum Gasteiger partial charge on any atom is -0.458 e. The summed E-state index contributed by atoms with van der Waals surface area (Å²) in [5.74, 6) is -2.53. The summed E-state index contributed by atoms with van der Waals surface area (Å²) >= 11 is 1.35. The molecular formula is C53H74F2N6O12S. The average Bonchev–Trinajstić information content (AvgIpc) is 3.86. The minimum atomic E-state index is -1.22. The lowest BCUT2D eigenvalue weighted by Crippen LogP contribution is -2.49. The van der Waals surface area contributed by atoms with E-state index in [9.17, 15) is 33.2 Å². The summed E-state index contributed by atoms with van der Waals surface area (Å²) in [5, 5.41) is 5.31. The summed E-state index contributed by atoms with van der Waals surface area (Å²) < 4.78 is 65.4. The van der Waals surface area contributed by atoms with E-state index in [1.54, 1.807) is 52.6 Å². The smallest absolute Gasteiger partial charge is 0.408 e. The van der Waals surface area contributed by atoms with E-state index in [0.717, 1.165) is 28.7 Å².